The highest BCUT2D eigenvalue weighted by Gasteiger charge is 2.30. The van der Waals surface area contributed by atoms with Gasteiger partial charge < -0.3 is 10.1 Å². The minimum Gasteiger partial charge on any atom is -0.497 e. The van der Waals surface area contributed by atoms with Gasteiger partial charge in [0.25, 0.3) is 0 Å². The molecule has 1 N–H and O–H groups in total. The van der Waals surface area contributed by atoms with Crippen LogP contribution in [0, 0.1) is 0 Å². The van der Waals surface area contributed by atoms with Gasteiger partial charge in [-0.25, -0.2) is 0 Å². The summed E-state index contributed by atoms with van der Waals surface area (Å²) < 4.78 is 43.2. The van der Waals surface area contributed by atoms with Gasteiger partial charge in [-0.05, 0) is 42.8 Å². The van der Waals surface area contributed by atoms with E-state index in [9.17, 15) is 18.0 Å². The molecule has 0 fully saturated rings. The first-order chi connectivity index (χ1) is 11.8. The van der Waals surface area contributed by atoms with Gasteiger partial charge in [0.2, 0.25) is 5.91 Å². The summed E-state index contributed by atoms with van der Waals surface area (Å²) in [6.45, 7) is 2.00. The lowest BCUT2D eigenvalue weighted by atomic mass is 10.2. The summed E-state index contributed by atoms with van der Waals surface area (Å²) in [6, 6.07) is 12.2. The maximum absolute atomic E-state index is 12.7. The third-order valence-electron chi connectivity index (χ3n) is 3.47. The Bertz CT molecular complexity index is 717. The molecule has 0 radical (unpaired) electrons. The summed E-state index contributed by atoms with van der Waals surface area (Å²) in [5.41, 5.74) is 0.189. The number of ether oxygens (including phenoxy) is 1. The van der Waals surface area contributed by atoms with Crippen LogP contribution in [0.1, 0.15) is 18.1 Å². The molecule has 0 saturated carbocycles. The third kappa shape index (κ3) is 5.70. The van der Waals surface area contributed by atoms with Gasteiger partial charge in [0, 0.05) is 11.4 Å². The normalized spacial score (nSPS) is 12.5. The van der Waals surface area contributed by atoms with Gasteiger partial charge in [0.15, 0.2) is 0 Å². The summed E-state index contributed by atoms with van der Waals surface area (Å²) in [4.78, 5) is 12.6. The average molecular weight is 369 g/mol. The molecule has 1 amide bonds. The Morgan fingerprint density at radius 2 is 1.88 bits per heavy atom. The fourth-order valence-corrected chi connectivity index (χ4v) is 3.03. The molecule has 0 heterocycles. The van der Waals surface area contributed by atoms with E-state index in [1.165, 1.54) is 6.07 Å². The molecule has 0 unspecified atom stereocenters. The van der Waals surface area contributed by atoms with E-state index in [4.69, 9.17) is 4.74 Å². The first-order valence-corrected chi connectivity index (χ1v) is 8.42. The number of benzene rings is 2. The number of hydrogen-bond donors (Lipinski definition) is 1. The lowest BCUT2D eigenvalue weighted by Crippen LogP contribution is -2.30. The fraction of sp³-hybridized carbons (Fsp3) is 0.278. The van der Waals surface area contributed by atoms with E-state index in [1.54, 1.807) is 32.2 Å². The first kappa shape index (κ1) is 19.2. The zero-order valence-electron chi connectivity index (χ0n) is 13.8. The van der Waals surface area contributed by atoms with E-state index in [1.807, 2.05) is 12.1 Å². The smallest absolute Gasteiger partial charge is 0.416 e. The van der Waals surface area contributed by atoms with Gasteiger partial charge >= 0.3 is 6.18 Å². The maximum Gasteiger partial charge on any atom is 0.416 e. The second kappa shape index (κ2) is 8.29. The van der Waals surface area contributed by atoms with Gasteiger partial charge in [0.1, 0.15) is 5.75 Å². The van der Waals surface area contributed by atoms with E-state index in [0.29, 0.717) is 11.4 Å². The molecule has 1 atom stereocenters. The highest BCUT2D eigenvalue weighted by Crippen LogP contribution is 2.33. The predicted octanol–water partition coefficient (Wildman–Crippen LogP) is 4.51. The number of nitrogens with one attached hydrogen (secondary N) is 1. The molecular formula is C18H18F3NO2S. The highest BCUT2D eigenvalue weighted by atomic mass is 32.2. The minimum atomic E-state index is -4.39. The summed E-state index contributed by atoms with van der Waals surface area (Å²) in [5, 5.41) is 2.27. The summed E-state index contributed by atoms with van der Waals surface area (Å²) >= 11 is 1.09. The van der Waals surface area contributed by atoms with Crippen molar-refractivity contribution in [1.29, 1.82) is 0 Å². The Kier molecular flexibility index (Phi) is 6.36. The lowest BCUT2D eigenvalue weighted by molar-refractivity contribution is -0.137. The van der Waals surface area contributed by atoms with Crippen molar-refractivity contribution in [2.24, 2.45) is 0 Å². The lowest BCUT2D eigenvalue weighted by Gasteiger charge is -2.13. The molecule has 2 rings (SSSR count). The van der Waals surface area contributed by atoms with Crippen LogP contribution in [0.2, 0.25) is 0 Å². The number of carbonyl (C=O) groups excluding carboxylic acids is 1. The van der Waals surface area contributed by atoms with Gasteiger partial charge in [0.05, 0.1) is 17.9 Å². The van der Waals surface area contributed by atoms with Crippen molar-refractivity contribution < 1.29 is 22.7 Å². The van der Waals surface area contributed by atoms with Crippen molar-refractivity contribution in [2.75, 3.05) is 7.11 Å². The standard InChI is InChI=1S/C18H18F3NO2S/c1-12(25-16-5-3-4-14(10-16)18(19,20)21)17(23)22-11-13-6-8-15(24-2)9-7-13/h3-10,12H,11H2,1-2H3,(H,22,23)/t12-/m0/s1. The molecule has 7 heteroatoms. The van der Waals surface area contributed by atoms with E-state index in [-0.39, 0.29) is 5.91 Å². The Hall–Kier alpha value is -2.15. The van der Waals surface area contributed by atoms with Crippen LogP contribution < -0.4 is 10.1 Å². The molecule has 0 aliphatic heterocycles. The Balaban J connectivity index is 1.91. The van der Waals surface area contributed by atoms with Gasteiger partial charge in [-0.3, -0.25) is 4.79 Å². The van der Waals surface area contributed by atoms with E-state index in [2.05, 4.69) is 5.32 Å². The predicted molar refractivity (Wildman–Crippen MR) is 91.6 cm³/mol. The second-order valence-corrected chi connectivity index (χ2v) is 6.77. The molecular weight excluding hydrogens is 351 g/mol. The molecule has 0 bridgehead atoms. The van der Waals surface area contributed by atoms with Crippen molar-refractivity contribution >= 4 is 17.7 Å². The Morgan fingerprint density at radius 1 is 1.20 bits per heavy atom. The van der Waals surface area contributed by atoms with Crippen LogP contribution in [-0.2, 0) is 17.5 Å². The number of alkyl halides is 3. The number of methoxy groups -OCH3 is 1. The van der Waals surface area contributed by atoms with Crippen molar-refractivity contribution in [3.8, 4) is 5.75 Å². The van der Waals surface area contributed by atoms with E-state index in [0.717, 1.165) is 35.2 Å². The van der Waals surface area contributed by atoms with Crippen LogP contribution in [0.4, 0.5) is 13.2 Å². The number of carbonyl (C=O) groups is 1. The van der Waals surface area contributed by atoms with Crippen LogP contribution >= 0.6 is 11.8 Å². The highest BCUT2D eigenvalue weighted by molar-refractivity contribution is 8.00. The van der Waals surface area contributed by atoms with Crippen LogP contribution in [0.3, 0.4) is 0 Å². The molecule has 0 saturated heterocycles. The molecule has 0 aromatic heterocycles. The molecule has 0 aliphatic carbocycles. The quantitative estimate of drug-likeness (QED) is 0.762. The molecule has 25 heavy (non-hydrogen) atoms. The van der Waals surface area contributed by atoms with E-state index >= 15 is 0 Å². The molecule has 0 spiro atoms. The largest absolute Gasteiger partial charge is 0.497 e. The van der Waals surface area contributed by atoms with Crippen molar-refractivity contribution in [3.05, 3.63) is 59.7 Å². The molecule has 0 aliphatic rings. The Morgan fingerprint density at radius 3 is 2.48 bits per heavy atom. The number of thioether (sulfide) groups is 1. The number of hydrogen-bond acceptors (Lipinski definition) is 3. The second-order valence-electron chi connectivity index (χ2n) is 5.35. The minimum absolute atomic E-state index is 0.238. The maximum atomic E-state index is 12.7. The van der Waals surface area contributed by atoms with Gasteiger partial charge in [-0.1, -0.05) is 18.2 Å². The zero-order valence-corrected chi connectivity index (χ0v) is 14.6. The SMILES string of the molecule is COc1ccc(CNC(=O)[C@H](C)Sc2cccc(C(F)(F)F)c2)cc1. The van der Waals surface area contributed by atoms with Crippen LogP contribution in [0.15, 0.2) is 53.4 Å². The van der Waals surface area contributed by atoms with Crippen molar-refractivity contribution in [3.63, 3.8) is 0 Å². The monoisotopic (exact) mass is 369 g/mol. The molecule has 2 aromatic rings. The number of rotatable bonds is 6. The van der Waals surface area contributed by atoms with Crippen LogP contribution in [-0.4, -0.2) is 18.3 Å². The zero-order chi connectivity index (χ0) is 18.4. The molecule has 134 valence electrons. The summed E-state index contributed by atoms with van der Waals surface area (Å²) in [6.07, 6.45) is -4.39. The number of amides is 1. The van der Waals surface area contributed by atoms with Crippen LogP contribution in [0.25, 0.3) is 0 Å². The van der Waals surface area contributed by atoms with Gasteiger partial charge in [-0.15, -0.1) is 11.8 Å². The Labute approximate surface area is 148 Å². The average Bonchev–Trinajstić information content (AvgIpc) is 2.59. The van der Waals surface area contributed by atoms with Gasteiger partial charge in [-0.2, -0.15) is 13.2 Å². The molecule has 3 nitrogen and oxygen atoms in total. The summed E-state index contributed by atoms with van der Waals surface area (Å²) in [7, 11) is 1.57. The first-order valence-electron chi connectivity index (χ1n) is 7.54. The summed E-state index contributed by atoms with van der Waals surface area (Å²) in [5.74, 6) is 0.488. The number of halogens is 3. The third-order valence-corrected chi connectivity index (χ3v) is 4.56. The topological polar surface area (TPSA) is 38.3 Å². The molecule has 2 aromatic carbocycles. The van der Waals surface area contributed by atoms with Crippen molar-refractivity contribution in [2.45, 2.75) is 29.8 Å². The van der Waals surface area contributed by atoms with Crippen molar-refractivity contribution in [1.82, 2.24) is 5.32 Å². The van der Waals surface area contributed by atoms with E-state index < -0.39 is 17.0 Å². The van der Waals surface area contributed by atoms with Crippen LogP contribution in [0.5, 0.6) is 5.75 Å². The fourth-order valence-electron chi connectivity index (χ4n) is 2.08.